The molecular weight excluding hydrogens is 478 g/mol. The molecule has 1 aromatic carbocycles. The number of benzene rings is 1. The maximum absolute atomic E-state index is 12.4. The van der Waals surface area contributed by atoms with Gasteiger partial charge in [0.1, 0.15) is 6.04 Å². The van der Waals surface area contributed by atoms with Gasteiger partial charge < -0.3 is 31.9 Å². The first-order chi connectivity index (χ1) is 15.6. The summed E-state index contributed by atoms with van der Waals surface area (Å²) in [5, 5.41) is 20.2. The van der Waals surface area contributed by atoms with Crippen LogP contribution in [-0.2, 0) is 16.1 Å². The number of hydrogen-bond acceptors (Lipinski definition) is 10. The summed E-state index contributed by atoms with van der Waals surface area (Å²) >= 11 is 0. The van der Waals surface area contributed by atoms with Gasteiger partial charge in [-0.25, -0.2) is 14.8 Å². The Bertz CT molecular complexity index is 1210. The van der Waals surface area contributed by atoms with Gasteiger partial charge in [0.25, 0.3) is 5.91 Å². The number of carbonyl (C=O) groups excluding carboxylic acids is 1. The first-order valence-corrected chi connectivity index (χ1v) is 9.75. The van der Waals surface area contributed by atoms with Gasteiger partial charge in [0, 0.05) is 24.7 Å². The molecule has 2 heterocycles. The van der Waals surface area contributed by atoms with Crippen LogP contribution in [0.15, 0.2) is 30.5 Å². The summed E-state index contributed by atoms with van der Waals surface area (Å²) < 4.78 is 0. The standard InChI is InChI=1S/C20H22N8O5.2Na.2H/c1-28(9-11-8-23-17-15(24-11)16(21)26-20(22)27-17)12-4-2-10(3-5-12)18(31)25-13(19(32)33)6-7-14(29)30;;;;/h2-5,8,13H,6-7,9H2,1H3,(H,25,31)(H,29,30)(H,32,33)(H4,21,22,23,26,27);;;;/t13-;;;;/m0..../s1. The van der Waals surface area contributed by atoms with Crippen LogP contribution < -0.4 is 21.7 Å². The molecule has 0 bridgehead atoms. The molecule has 0 fully saturated rings. The van der Waals surface area contributed by atoms with E-state index in [1.165, 1.54) is 12.1 Å². The van der Waals surface area contributed by atoms with Crippen LogP contribution in [0, 0.1) is 0 Å². The van der Waals surface area contributed by atoms with E-state index in [-0.39, 0.29) is 89.3 Å². The molecule has 3 rings (SSSR count). The third-order valence-corrected chi connectivity index (χ3v) is 4.72. The number of carboxylic acid groups (broad SMARTS) is 2. The fraction of sp³-hybridized carbons (Fsp3) is 0.250. The minimum atomic E-state index is -1.30. The predicted octanol–water partition coefficient (Wildman–Crippen LogP) is -1.03. The van der Waals surface area contributed by atoms with Crippen LogP contribution in [0.25, 0.3) is 11.2 Å². The second-order valence-corrected chi connectivity index (χ2v) is 7.20. The summed E-state index contributed by atoms with van der Waals surface area (Å²) in [6, 6.07) is 5.16. The van der Waals surface area contributed by atoms with E-state index in [2.05, 4.69) is 25.3 Å². The van der Waals surface area contributed by atoms with Gasteiger partial charge in [-0.1, -0.05) is 0 Å². The van der Waals surface area contributed by atoms with Gasteiger partial charge in [-0.15, -0.1) is 0 Å². The summed E-state index contributed by atoms with van der Waals surface area (Å²) in [5.41, 5.74) is 13.7. The Labute approximate surface area is 244 Å². The second kappa shape index (κ2) is 13.5. The zero-order valence-corrected chi connectivity index (χ0v) is 17.6. The normalized spacial score (nSPS) is 11.0. The molecule has 2 aromatic heterocycles. The summed E-state index contributed by atoms with van der Waals surface area (Å²) in [5.74, 6) is -2.91. The first-order valence-electron chi connectivity index (χ1n) is 9.75. The molecule has 15 heteroatoms. The third-order valence-electron chi connectivity index (χ3n) is 4.72. The van der Waals surface area contributed by atoms with Crippen molar-refractivity contribution in [1.82, 2.24) is 25.3 Å². The molecule has 35 heavy (non-hydrogen) atoms. The topological polar surface area (TPSA) is 211 Å². The minimum absolute atomic E-state index is 0. The van der Waals surface area contributed by atoms with Gasteiger partial charge >= 0.3 is 71.1 Å². The van der Waals surface area contributed by atoms with E-state index in [9.17, 15) is 19.5 Å². The number of rotatable bonds is 9. The molecule has 176 valence electrons. The molecule has 0 aliphatic rings. The second-order valence-electron chi connectivity index (χ2n) is 7.20. The molecule has 0 aliphatic heterocycles. The van der Waals surface area contributed by atoms with Gasteiger partial charge in [0.2, 0.25) is 5.95 Å². The van der Waals surface area contributed by atoms with Crippen molar-refractivity contribution in [3.05, 3.63) is 41.7 Å². The van der Waals surface area contributed by atoms with Gasteiger partial charge in [0.05, 0.1) is 18.4 Å². The number of nitrogens with two attached hydrogens (primary N) is 2. The van der Waals surface area contributed by atoms with Crippen LogP contribution in [0.2, 0.25) is 0 Å². The summed E-state index contributed by atoms with van der Waals surface area (Å²) in [6.07, 6.45) is 0.964. The van der Waals surface area contributed by atoms with Gasteiger partial charge in [-0.2, -0.15) is 9.97 Å². The molecule has 0 saturated carbocycles. The van der Waals surface area contributed by atoms with Crippen molar-refractivity contribution in [2.45, 2.75) is 25.4 Å². The molecule has 0 saturated heterocycles. The molecule has 0 unspecified atom stereocenters. The SMILES string of the molecule is CN(Cc1cnc2nc(N)nc(N)c2n1)c1ccc(C(=O)N[C@@H](CCC(=O)O)C(=O)O)cc1.[NaH].[NaH]. The molecule has 0 spiro atoms. The number of fused-ring (bicyclic) bond motifs is 1. The van der Waals surface area contributed by atoms with Crippen molar-refractivity contribution in [2.24, 2.45) is 0 Å². The van der Waals surface area contributed by atoms with Crippen molar-refractivity contribution in [3.63, 3.8) is 0 Å². The number of carbonyl (C=O) groups is 3. The first kappa shape index (κ1) is 30.5. The van der Waals surface area contributed by atoms with E-state index >= 15 is 0 Å². The molecule has 7 N–H and O–H groups in total. The monoisotopic (exact) mass is 502 g/mol. The number of carboxylic acids is 2. The van der Waals surface area contributed by atoms with E-state index in [4.69, 9.17) is 16.6 Å². The zero-order valence-electron chi connectivity index (χ0n) is 17.6. The fourth-order valence-corrected chi connectivity index (χ4v) is 3.03. The molecule has 1 amide bonds. The van der Waals surface area contributed by atoms with Gasteiger partial charge in [-0.05, 0) is 30.7 Å². The van der Waals surface area contributed by atoms with Crippen molar-refractivity contribution in [2.75, 3.05) is 23.4 Å². The quantitative estimate of drug-likeness (QED) is 0.222. The van der Waals surface area contributed by atoms with E-state index in [0.717, 1.165) is 5.69 Å². The number of amides is 1. The summed E-state index contributed by atoms with van der Waals surface area (Å²) in [6.45, 7) is 0.370. The maximum atomic E-state index is 12.4. The van der Waals surface area contributed by atoms with E-state index in [0.29, 0.717) is 23.4 Å². The average Bonchev–Trinajstić information content (AvgIpc) is 2.76. The Balaban J connectivity index is 0.00000306. The van der Waals surface area contributed by atoms with Crippen molar-refractivity contribution in [1.29, 1.82) is 0 Å². The Morgan fingerprint density at radius 1 is 1.06 bits per heavy atom. The van der Waals surface area contributed by atoms with Crippen LogP contribution in [0.1, 0.15) is 28.9 Å². The average molecular weight is 502 g/mol. The van der Waals surface area contributed by atoms with Crippen molar-refractivity contribution < 1.29 is 24.6 Å². The van der Waals surface area contributed by atoms with Crippen LogP contribution in [0.3, 0.4) is 0 Å². The number of aliphatic carboxylic acids is 2. The molecule has 0 radical (unpaired) electrons. The Morgan fingerprint density at radius 3 is 2.31 bits per heavy atom. The van der Waals surface area contributed by atoms with Gasteiger partial charge in [0.15, 0.2) is 17.0 Å². The molecule has 13 nitrogen and oxygen atoms in total. The van der Waals surface area contributed by atoms with Crippen LogP contribution in [0.5, 0.6) is 0 Å². The summed E-state index contributed by atoms with van der Waals surface area (Å²) in [7, 11) is 1.82. The van der Waals surface area contributed by atoms with E-state index in [1.54, 1.807) is 18.3 Å². The van der Waals surface area contributed by atoms with E-state index < -0.39 is 23.9 Å². The molecule has 3 aromatic rings. The van der Waals surface area contributed by atoms with Crippen molar-refractivity contribution in [3.8, 4) is 0 Å². The van der Waals surface area contributed by atoms with Gasteiger partial charge in [-0.3, -0.25) is 9.59 Å². The predicted molar refractivity (Wildman–Crippen MR) is 133 cm³/mol. The Morgan fingerprint density at radius 2 is 1.71 bits per heavy atom. The van der Waals surface area contributed by atoms with Crippen LogP contribution in [-0.4, -0.2) is 120 Å². The van der Waals surface area contributed by atoms with Crippen LogP contribution >= 0.6 is 0 Å². The Hall–Kier alpha value is -2.55. The number of anilines is 3. The zero-order chi connectivity index (χ0) is 24.1. The van der Waals surface area contributed by atoms with Crippen molar-refractivity contribution >= 4 is 106 Å². The third kappa shape index (κ3) is 8.26. The number of hydrogen-bond donors (Lipinski definition) is 5. The molecule has 1 atom stereocenters. The van der Waals surface area contributed by atoms with E-state index in [1.807, 2.05) is 11.9 Å². The number of aromatic nitrogens is 4. The fourth-order valence-electron chi connectivity index (χ4n) is 3.03. The number of nitrogens with zero attached hydrogens (tertiary/aromatic N) is 5. The number of nitrogens with one attached hydrogen (secondary N) is 1. The number of nitrogen functional groups attached to an aromatic ring is 2. The summed E-state index contributed by atoms with van der Waals surface area (Å²) in [4.78, 5) is 52.7. The Kier molecular flexibility index (Phi) is 11.8. The molecule has 0 aliphatic carbocycles. The molecular formula is C20H24N8Na2O5. The van der Waals surface area contributed by atoms with Crippen LogP contribution in [0.4, 0.5) is 17.5 Å².